The smallest absolute Gasteiger partial charge is 0.266 e. The summed E-state index contributed by atoms with van der Waals surface area (Å²) in [5.74, 6) is -4.55. The molecule has 3 aromatic carbocycles. The number of rotatable bonds is 10. The van der Waals surface area contributed by atoms with Crippen LogP contribution in [0, 0.1) is 17.5 Å². The second-order valence-electron chi connectivity index (χ2n) is 9.86. The van der Waals surface area contributed by atoms with Crippen LogP contribution in [0.4, 0.5) is 13.2 Å². The first-order valence-corrected chi connectivity index (χ1v) is 16.1. The Morgan fingerprint density at radius 2 is 1.65 bits per heavy atom. The van der Waals surface area contributed by atoms with Gasteiger partial charge < -0.3 is 5.32 Å². The number of amides is 1. The summed E-state index contributed by atoms with van der Waals surface area (Å²) in [7, 11) is -4.32. The van der Waals surface area contributed by atoms with Gasteiger partial charge in [-0.25, -0.2) is 18.2 Å². The first-order valence-electron chi connectivity index (χ1n) is 12.4. The van der Waals surface area contributed by atoms with E-state index < -0.39 is 51.2 Å². The number of benzene rings is 3. The molecule has 0 aliphatic heterocycles. The highest BCUT2D eigenvalue weighted by atomic mass is 35.5. The number of aromatic nitrogens is 2. The van der Waals surface area contributed by atoms with Gasteiger partial charge in [0.1, 0.15) is 17.5 Å². The lowest BCUT2D eigenvalue weighted by atomic mass is 9.81. The maximum absolute atomic E-state index is 15.0. The van der Waals surface area contributed by atoms with Gasteiger partial charge in [-0.2, -0.15) is 8.42 Å². The second kappa shape index (κ2) is 13.1. The van der Waals surface area contributed by atoms with Crippen molar-refractivity contribution >= 4 is 62.6 Å². The molecule has 1 heterocycles. The number of halogens is 6. The van der Waals surface area contributed by atoms with Crippen molar-refractivity contribution < 1.29 is 30.9 Å². The first kappa shape index (κ1) is 33.2. The van der Waals surface area contributed by atoms with Gasteiger partial charge in [0.25, 0.3) is 16.0 Å². The highest BCUT2D eigenvalue weighted by Gasteiger charge is 2.30. The number of carbonyl (C=O) groups is 1. The number of nitrogens with one attached hydrogen (secondary N) is 1. The largest absolute Gasteiger partial charge is 0.351 e. The summed E-state index contributed by atoms with van der Waals surface area (Å²) in [6, 6.07) is 10.9. The van der Waals surface area contributed by atoms with Crippen LogP contribution in [-0.4, -0.2) is 40.7 Å². The van der Waals surface area contributed by atoms with Crippen LogP contribution in [0.2, 0.25) is 15.1 Å². The Hall–Kier alpha value is -2.74. The van der Waals surface area contributed by atoms with Gasteiger partial charge in [-0.15, -0.1) is 0 Å². The molecule has 0 saturated carbocycles. The summed E-state index contributed by atoms with van der Waals surface area (Å²) in [6.07, 6.45) is 1.59. The number of thioether (sulfide) groups is 1. The lowest BCUT2D eigenvalue weighted by Crippen LogP contribution is -2.29. The fraction of sp³-hybridized carbons (Fsp3) is 0.214. The van der Waals surface area contributed by atoms with E-state index >= 15 is 8.78 Å². The van der Waals surface area contributed by atoms with Crippen molar-refractivity contribution in [1.82, 2.24) is 14.9 Å². The minimum Gasteiger partial charge on any atom is -0.351 e. The average Bonchev–Trinajstić information content (AvgIpc) is 3.35. The lowest BCUT2D eigenvalue weighted by molar-refractivity contribution is 0.0955. The molecule has 43 heavy (non-hydrogen) atoms. The van der Waals surface area contributed by atoms with E-state index in [1.54, 1.807) is 29.0 Å². The maximum atomic E-state index is 15.0. The standard InChI is InChI=1S/C28H23Cl3F3N3O4S2/c1-28(2,16-3-5-19(29)20(30)11-16)25-13-36-27(37(25)17-4-6-22(32)21(31)12-17)42-14-18-23(33)9-15(10-24(18)34)26(38)35-7-8-43(39,40)41/h3-6,9-13H,7-8,14H2,1-2H3,(H,35,38)(H,39,40,41). The Morgan fingerprint density at radius 3 is 2.26 bits per heavy atom. The van der Waals surface area contributed by atoms with E-state index in [9.17, 15) is 17.6 Å². The van der Waals surface area contributed by atoms with Crippen LogP contribution in [-0.2, 0) is 21.3 Å². The topological polar surface area (TPSA) is 101 Å². The van der Waals surface area contributed by atoms with Crippen molar-refractivity contribution in [3.63, 3.8) is 0 Å². The molecule has 0 spiro atoms. The van der Waals surface area contributed by atoms with Gasteiger partial charge in [-0.1, -0.05) is 66.5 Å². The van der Waals surface area contributed by atoms with Gasteiger partial charge >= 0.3 is 0 Å². The van der Waals surface area contributed by atoms with E-state index in [0.717, 1.165) is 29.5 Å². The maximum Gasteiger partial charge on any atom is 0.266 e. The number of nitrogens with zero attached hydrogens (tertiary/aromatic N) is 2. The van der Waals surface area contributed by atoms with E-state index in [0.29, 0.717) is 26.6 Å². The molecule has 0 bridgehead atoms. The molecule has 0 aliphatic rings. The van der Waals surface area contributed by atoms with E-state index in [4.69, 9.17) is 39.4 Å². The summed E-state index contributed by atoms with van der Waals surface area (Å²) in [6.45, 7) is 3.38. The molecule has 4 rings (SSSR count). The minimum absolute atomic E-state index is 0.136. The van der Waals surface area contributed by atoms with Crippen molar-refractivity contribution in [1.29, 1.82) is 0 Å². The van der Waals surface area contributed by atoms with Crippen LogP contribution < -0.4 is 5.32 Å². The van der Waals surface area contributed by atoms with Crippen LogP contribution in [0.3, 0.4) is 0 Å². The minimum atomic E-state index is -4.32. The third-order valence-electron chi connectivity index (χ3n) is 6.57. The van der Waals surface area contributed by atoms with Crippen molar-refractivity contribution in [3.05, 3.63) is 110 Å². The molecule has 4 aromatic rings. The molecule has 0 saturated heterocycles. The molecule has 0 aliphatic carbocycles. The van der Waals surface area contributed by atoms with Crippen LogP contribution in [0.5, 0.6) is 0 Å². The van der Waals surface area contributed by atoms with Gasteiger partial charge in [0, 0.05) is 34.5 Å². The van der Waals surface area contributed by atoms with E-state index in [1.807, 2.05) is 13.8 Å². The third-order valence-corrected chi connectivity index (χ3v) is 9.29. The zero-order chi connectivity index (χ0) is 31.7. The molecular formula is C28H23Cl3F3N3O4S2. The lowest BCUT2D eigenvalue weighted by Gasteiger charge is -2.28. The molecule has 1 aromatic heterocycles. The summed E-state index contributed by atoms with van der Waals surface area (Å²) in [4.78, 5) is 16.7. The van der Waals surface area contributed by atoms with E-state index in [2.05, 4.69) is 10.3 Å². The molecule has 1 amide bonds. The zero-order valence-electron chi connectivity index (χ0n) is 22.5. The van der Waals surface area contributed by atoms with E-state index in [1.165, 1.54) is 18.2 Å². The van der Waals surface area contributed by atoms with Gasteiger partial charge in [-0.3, -0.25) is 13.9 Å². The van der Waals surface area contributed by atoms with Crippen molar-refractivity contribution in [2.24, 2.45) is 0 Å². The predicted octanol–water partition coefficient (Wildman–Crippen LogP) is 7.49. The quantitative estimate of drug-likeness (QED) is 0.132. The molecule has 0 atom stereocenters. The summed E-state index contributed by atoms with van der Waals surface area (Å²) in [5.41, 5.74) is 0.433. The molecule has 7 nitrogen and oxygen atoms in total. The monoisotopic (exact) mass is 691 g/mol. The molecule has 0 unspecified atom stereocenters. The third kappa shape index (κ3) is 7.68. The first-order chi connectivity index (χ1) is 20.1. The van der Waals surface area contributed by atoms with Crippen molar-refractivity contribution in [2.45, 2.75) is 30.2 Å². The normalized spacial score (nSPS) is 12.0. The van der Waals surface area contributed by atoms with Crippen molar-refractivity contribution in [2.75, 3.05) is 12.3 Å². The summed E-state index contributed by atoms with van der Waals surface area (Å²) < 4.78 is 76.2. The van der Waals surface area contributed by atoms with Gasteiger partial charge in [0.05, 0.1) is 32.7 Å². The molecule has 2 N–H and O–H groups in total. The van der Waals surface area contributed by atoms with Gasteiger partial charge in [0.2, 0.25) is 0 Å². The Morgan fingerprint density at radius 1 is 0.977 bits per heavy atom. The molecule has 0 radical (unpaired) electrons. The Labute approximate surface area is 265 Å². The van der Waals surface area contributed by atoms with Crippen LogP contribution in [0.15, 0.2) is 59.9 Å². The van der Waals surface area contributed by atoms with Gasteiger partial charge in [-0.05, 0) is 48.0 Å². The summed E-state index contributed by atoms with van der Waals surface area (Å²) >= 11 is 19.5. The Balaban J connectivity index is 1.67. The number of hydrogen-bond acceptors (Lipinski definition) is 5. The fourth-order valence-corrected chi connectivity index (χ4v) is 6.03. The summed E-state index contributed by atoms with van der Waals surface area (Å²) in [5, 5.41) is 3.08. The van der Waals surface area contributed by atoms with Crippen LogP contribution >= 0.6 is 46.6 Å². The van der Waals surface area contributed by atoms with Crippen LogP contribution in [0.1, 0.15) is 41.0 Å². The molecular weight excluding hydrogens is 670 g/mol. The number of carbonyl (C=O) groups excluding carboxylic acids is 1. The zero-order valence-corrected chi connectivity index (χ0v) is 26.4. The van der Waals surface area contributed by atoms with Crippen molar-refractivity contribution in [3.8, 4) is 5.69 Å². The second-order valence-corrected chi connectivity index (χ2v) is 13.6. The Bertz CT molecular complexity index is 1800. The fourth-order valence-electron chi connectivity index (χ4n) is 4.19. The SMILES string of the molecule is CC(C)(c1ccc(Cl)c(Cl)c1)c1cnc(SCc2c(F)cc(C(=O)NCCS(=O)(=O)O)cc2F)n1-c1ccc(F)c(Cl)c1. The molecule has 15 heteroatoms. The highest BCUT2D eigenvalue weighted by molar-refractivity contribution is 7.98. The highest BCUT2D eigenvalue weighted by Crippen LogP contribution is 2.39. The number of imidazole rings is 1. The van der Waals surface area contributed by atoms with E-state index in [-0.39, 0.29) is 21.9 Å². The Kier molecular flexibility index (Phi) is 10.1. The predicted molar refractivity (Wildman–Crippen MR) is 162 cm³/mol. The average molecular weight is 693 g/mol. The van der Waals surface area contributed by atoms with Gasteiger partial charge in [0.15, 0.2) is 5.16 Å². The molecule has 0 fully saturated rings. The van der Waals surface area contributed by atoms with Crippen LogP contribution in [0.25, 0.3) is 5.69 Å². The molecule has 228 valence electrons. The number of hydrogen-bond donors (Lipinski definition) is 2.